The zero-order valence-electron chi connectivity index (χ0n) is 22.0. The van der Waals surface area contributed by atoms with Crippen molar-refractivity contribution < 1.29 is 23.2 Å². The van der Waals surface area contributed by atoms with E-state index in [-0.39, 0.29) is 11.5 Å². The number of para-hydroxylation sites is 2. The van der Waals surface area contributed by atoms with Crippen molar-refractivity contribution >= 4 is 28.4 Å². The molecule has 3 heterocycles. The van der Waals surface area contributed by atoms with Gasteiger partial charge in [0, 0.05) is 18.7 Å². The lowest BCUT2D eigenvalue weighted by Gasteiger charge is -2.19. The predicted molar refractivity (Wildman–Crippen MR) is 148 cm³/mol. The molecule has 3 N–H and O–H groups in total. The number of nitrogens with one attached hydrogen (secondary N) is 1. The number of ether oxygens (including phenoxy) is 3. The van der Waals surface area contributed by atoms with Crippen molar-refractivity contribution in [1.82, 2.24) is 14.3 Å². The van der Waals surface area contributed by atoms with E-state index >= 15 is 0 Å². The summed E-state index contributed by atoms with van der Waals surface area (Å²) in [5, 5.41) is 2.81. The Morgan fingerprint density at radius 1 is 1.00 bits per heavy atom. The number of nitrogen functional groups attached to an aromatic ring is 1. The Hall–Kier alpha value is -3.38. The predicted octanol–water partition coefficient (Wildman–Crippen LogP) is 3.77. The third-order valence-corrected chi connectivity index (χ3v) is 7.02. The summed E-state index contributed by atoms with van der Waals surface area (Å²) < 4.78 is 31.9. The van der Waals surface area contributed by atoms with Crippen LogP contribution in [0.1, 0.15) is 31.3 Å². The fraction of sp³-hybridized carbons (Fsp3) is 0.370. The molecular formula is C27H35N5O5S. The van der Waals surface area contributed by atoms with Gasteiger partial charge in [0.05, 0.1) is 48.9 Å². The first-order valence-electron chi connectivity index (χ1n) is 12.6. The van der Waals surface area contributed by atoms with Crippen LogP contribution in [-0.4, -0.2) is 70.5 Å². The molecule has 2 aliphatic rings. The van der Waals surface area contributed by atoms with Crippen LogP contribution in [0.15, 0.2) is 59.6 Å². The number of nitrogens with two attached hydrogens (primary N) is 1. The molecule has 1 unspecified atom stereocenters. The molecule has 2 aromatic carbocycles. The quantitative estimate of drug-likeness (QED) is 0.446. The van der Waals surface area contributed by atoms with Crippen molar-refractivity contribution in [3.05, 3.63) is 60.4 Å². The van der Waals surface area contributed by atoms with Crippen LogP contribution in [-0.2, 0) is 20.5 Å². The molecule has 3 aromatic rings. The van der Waals surface area contributed by atoms with E-state index in [1.165, 1.54) is 6.20 Å². The molecule has 0 fully saturated rings. The summed E-state index contributed by atoms with van der Waals surface area (Å²) in [4.78, 5) is 22.3. The fourth-order valence-electron chi connectivity index (χ4n) is 3.53. The SMILES string of the molecule is CC.CCN1CCOCCOCCOc2ccccc2NC(=O)c2nc(cnc2N)-c2ccc(cc2)S1=O. The first-order valence-corrected chi connectivity index (χ1v) is 13.8. The van der Waals surface area contributed by atoms with Crippen molar-refractivity contribution in [1.29, 1.82) is 0 Å². The van der Waals surface area contributed by atoms with E-state index in [0.29, 0.717) is 68.2 Å². The molecule has 0 radical (unpaired) electrons. The second-order valence-corrected chi connectivity index (χ2v) is 9.29. The number of hydrogen-bond donors (Lipinski definition) is 2. The summed E-state index contributed by atoms with van der Waals surface area (Å²) in [6.07, 6.45) is 1.50. The van der Waals surface area contributed by atoms with E-state index in [4.69, 9.17) is 19.9 Å². The molecule has 0 aliphatic carbocycles. The maximum absolute atomic E-state index is 13.0. The minimum atomic E-state index is -1.34. The molecule has 10 nitrogen and oxygen atoms in total. The number of likely N-dealkylation sites (N-methyl/N-ethyl adjacent to an activating group) is 1. The fourth-order valence-corrected chi connectivity index (χ4v) is 4.67. The zero-order chi connectivity index (χ0) is 27.3. The number of nitrogens with zero attached hydrogens (tertiary/aromatic N) is 3. The van der Waals surface area contributed by atoms with E-state index in [1.807, 2.05) is 31.1 Å². The van der Waals surface area contributed by atoms with E-state index in [0.717, 1.165) is 5.56 Å². The number of anilines is 2. The van der Waals surface area contributed by atoms with Crippen LogP contribution in [0.3, 0.4) is 0 Å². The lowest BCUT2D eigenvalue weighted by molar-refractivity contribution is 0.0343. The Morgan fingerprint density at radius 2 is 1.68 bits per heavy atom. The van der Waals surface area contributed by atoms with Crippen LogP contribution < -0.4 is 15.8 Å². The van der Waals surface area contributed by atoms with Crippen LogP contribution in [0.4, 0.5) is 11.5 Å². The molecular weight excluding hydrogens is 506 g/mol. The number of fused-ring (bicyclic) bond motifs is 13. The van der Waals surface area contributed by atoms with Gasteiger partial charge in [0.2, 0.25) is 0 Å². The summed E-state index contributed by atoms with van der Waals surface area (Å²) >= 11 is 0. The summed E-state index contributed by atoms with van der Waals surface area (Å²) in [7, 11) is -1.34. The first kappa shape index (κ1) is 29.2. The summed E-state index contributed by atoms with van der Waals surface area (Å²) in [6, 6.07) is 14.2. The smallest absolute Gasteiger partial charge is 0.278 e. The first-order chi connectivity index (χ1) is 18.6. The third kappa shape index (κ3) is 7.81. The average Bonchev–Trinajstić information content (AvgIpc) is 2.95. The Labute approximate surface area is 226 Å². The number of amides is 1. The Kier molecular flexibility index (Phi) is 11.6. The molecule has 1 atom stereocenters. The number of carbonyl (C=O) groups excluding carboxylic acids is 1. The normalized spacial score (nSPS) is 17.4. The molecule has 1 amide bonds. The maximum atomic E-state index is 13.0. The zero-order valence-corrected chi connectivity index (χ0v) is 22.8. The minimum absolute atomic E-state index is 0.00223. The van der Waals surface area contributed by atoms with Gasteiger partial charge in [-0.2, -0.15) is 0 Å². The van der Waals surface area contributed by atoms with Gasteiger partial charge in [0.1, 0.15) is 23.3 Å². The lowest BCUT2D eigenvalue weighted by Crippen LogP contribution is -2.30. The molecule has 2 aliphatic heterocycles. The number of carbonyl (C=O) groups is 1. The minimum Gasteiger partial charge on any atom is -0.489 e. The van der Waals surface area contributed by atoms with E-state index in [9.17, 15) is 9.00 Å². The third-order valence-electron chi connectivity index (χ3n) is 5.43. The van der Waals surface area contributed by atoms with Gasteiger partial charge in [-0.3, -0.25) is 4.79 Å². The van der Waals surface area contributed by atoms with E-state index in [1.54, 1.807) is 42.5 Å². The average molecular weight is 542 g/mol. The molecule has 204 valence electrons. The monoisotopic (exact) mass is 541 g/mol. The highest BCUT2D eigenvalue weighted by Crippen LogP contribution is 2.26. The van der Waals surface area contributed by atoms with Gasteiger partial charge in [0.15, 0.2) is 11.5 Å². The Morgan fingerprint density at radius 3 is 2.42 bits per heavy atom. The van der Waals surface area contributed by atoms with E-state index in [2.05, 4.69) is 15.3 Å². The molecule has 38 heavy (non-hydrogen) atoms. The number of benzene rings is 2. The second-order valence-electron chi connectivity index (χ2n) is 7.81. The molecule has 0 saturated heterocycles. The van der Waals surface area contributed by atoms with Gasteiger partial charge in [-0.25, -0.2) is 18.5 Å². The van der Waals surface area contributed by atoms with Crippen molar-refractivity contribution in [3.63, 3.8) is 0 Å². The van der Waals surface area contributed by atoms with Gasteiger partial charge >= 0.3 is 0 Å². The van der Waals surface area contributed by atoms with Crippen LogP contribution in [0.5, 0.6) is 5.75 Å². The largest absolute Gasteiger partial charge is 0.489 e. The standard InChI is InChI=1S/C25H29N5O5S.C2H6/c1-2-30-11-12-33-13-14-34-15-16-35-22-6-4-3-5-20(22)29-25(31)23-24(26)27-17-21(28-23)18-7-9-19(10-8-18)36(30)32;1-2/h3-10,17H,2,11-16H2,1H3,(H2,26,27)(H,29,31);1-2H3. The highest BCUT2D eigenvalue weighted by atomic mass is 32.2. The van der Waals surface area contributed by atoms with Gasteiger partial charge in [-0.15, -0.1) is 0 Å². The second kappa shape index (κ2) is 15.1. The van der Waals surface area contributed by atoms with Gasteiger partial charge < -0.3 is 25.3 Å². The molecule has 0 saturated carbocycles. The Balaban J connectivity index is 0.00000195. The summed E-state index contributed by atoms with van der Waals surface area (Å²) in [6.45, 7) is 9.00. The van der Waals surface area contributed by atoms with Gasteiger partial charge in [-0.05, 0) is 24.3 Å². The molecule has 4 bridgehead atoms. The Bertz CT molecular complexity index is 1210. The van der Waals surface area contributed by atoms with Crippen LogP contribution in [0, 0.1) is 0 Å². The highest BCUT2D eigenvalue weighted by Gasteiger charge is 2.18. The maximum Gasteiger partial charge on any atom is 0.278 e. The van der Waals surface area contributed by atoms with Gasteiger partial charge in [0.25, 0.3) is 5.91 Å². The number of hydrogen-bond acceptors (Lipinski definition) is 8. The van der Waals surface area contributed by atoms with E-state index < -0.39 is 16.9 Å². The van der Waals surface area contributed by atoms with Gasteiger partial charge in [-0.1, -0.05) is 45.0 Å². The van der Waals surface area contributed by atoms with Crippen LogP contribution >= 0.6 is 0 Å². The number of aromatic nitrogens is 2. The summed E-state index contributed by atoms with van der Waals surface area (Å²) in [5.74, 6) is -0.000406. The van der Waals surface area contributed by atoms with Crippen molar-refractivity contribution in [2.24, 2.45) is 0 Å². The van der Waals surface area contributed by atoms with Crippen molar-refractivity contribution in [3.8, 4) is 17.0 Å². The highest BCUT2D eigenvalue weighted by molar-refractivity contribution is 7.82. The molecule has 11 heteroatoms. The summed E-state index contributed by atoms with van der Waals surface area (Å²) in [5.41, 5.74) is 7.64. The molecule has 0 spiro atoms. The molecule has 1 aromatic heterocycles. The van der Waals surface area contributed by atoms with Crippen molar-refractivity contribution in [2.75, 3.05) is 57.2 Å². The number of rotatable bonds is 1. The molecule has 5 rings (SSSR count). The van der Waals surface area contributed by atoms with Crippen LogP contribution in [0.25, 0.3) is 11.3 Å². The topological polar surface area (TPSA) is 129 Å². The van der Waals surface area contributed by atoms with Crippen LogP contribution in [0.2, 0.25) is 0 Å². The van der Waals surface area contributed by atoms with Crippen molar-refractivity contribution in [2.45, 2.75) is 25.7 Å². The lowest BCUT2D eigenvalue weighted by atomic mass is 10.1.